The van der Waals surface area contributed by atoms with Crippen molar-refractivity contribution in [2.24, 2.45) is 0 Å². The number of carbonyl (C=O) groups is 2. The first-order valence-corrected chi connectivity index (χ1v) is 8.34. The van der Waals surface area contributed by atoms with Crippen LogP contribution in [0.15, 0.2) is 42.5 Å². The molecule has 0 aliphatic rings. The number of nitrogens with one attached hydrogen (secondary N) is 1. The van der Waals surface area contributed by atoms with E-state index in [0.29, 0.717) is 33.7 Å². The smallest absolute Gasteiger partial charge is 0.322 e. The molecule has 3 rings (SSSR count). The fourth-order valence-corrected chi connectivity index (χ4v) is 2.68. The van der Waals surface area contributed by atoms with Crippen LogP contribution >= 0.6 is 0 Å². The topological polar surface area (TPSA) is 118 Å². The number of carboxylic acid groups (broad SMARTS) is 1. The number of fused-ring (bicyclic) bond motifs is 1. The highest BCUT2D eigenvalue weighted by Gasteiger charge is 2.19. The zero-order valence-corrected chi connectivity index (χ0v) is 15.2. The highest BCUT2D eigenvalue weighted by atomic mass is 16.5. The van der Waals surface area contributed by atoms with E-state index in [1.165, 1.54) is 0 Å². The second-order valence-electron chi connectivity index (χ2n) is 5.96. The lowest BCUT2D eigenvalue weighted by molar-refractivity contribution is -0.135. The fourth-order valence-electron chi connectivity index (χ4n) is 2.68. The van der Waals surface area contributed by atoms with Crippen LogP contribution in [0.4, 0.5) is 0 Å². The number of pyridine rings is 1. The van der Waals surface area contributed by atoms with E-state index in [9.17, 15) is 14.7 Å². The molecular weight excluding hydrogens is 364 g/mol. The summed E-state index contributed by atoms with van der Waals surface area (Å²) < 4.78 is 10.9. The Hall–Kier alpha value is -3.81. The molecule has 3 N–H and O–H groups in total. The Morgan fingerprint density at radius 3 is 2.32 bits per heavy atom. The maximum Gasteiger partial charge on any atom is 0.322 e. The minimum Gasteiger partial charge on any atom is -0.505 e. The quantitative estimate of drug-likeness (QED) is 0.600. The minimum atomic E-state index is -1.19. The van der Waals surface area contributed by atoms with E-state index in [-0.39, 0.29) is 11.4 Å². The maximum atomic E-state index is 12.2. The molecule has 0 spiro atoms. The van der Waals surface area contributed by atoms with Gasteiger partial charge in [0, 0.05) is 16.5 Å². The lowest BCUT2D eigenvalue weighted by Crippen LogP contribution is -2.30. The number of ether oxygens (including phenoxy) is 2. The number of amides is 1. The number of carbonyl (C=O) groups excluding carboxylic acids is 1. The SMILES string of the molecule is COc1ccc(Oc2ccc3c(C)nc(C(=O)NCC(=O)O)c(O)c3c2)cc1. The number of aromatic hydroxyl groups is 1. The largest absolute Gasteiger partial charge is 0.505 e. The molecular formula is C20H18N2O6. The van der Waals surface area contributed by atoms with Crippen LogP contribution in [0.5, 0.6) is 23.0 Å². The second-order valence-corrected chi connectivity index (χ2v) is 5.96. The number of aryl methyl sites for hydroxylation is 1. The molecule has 8 nitrogen and oxygen atoms in total. The molecule has 0 radical (unpaired) electrons. The molecule has 1 heterocycles. The van der Waals surface area contributed by atoms with Gasteiger partial charge in [-0.2, -0.15) is 0 Å². The third-order valence-corrected chi connectivity index (χ3v) is 4.05. The highest BCUT2D eigenvalue weighted by Crippen LogP contribution is 2.34. The van der Waals surface area contributed by atoms with Crippen LogP contribution < -0.4 is 14.8 Å². The van der Waals surface area contributed by atoms with Gasteiger partial charge in [-0.05, 0) is 49.4 Å². The van der Waals surface area contributed by atoms with Crippen LogP contribution in [0.25, 0.3) is 10.8 Å². The van der Waals surface area contributed by atoms with Gasteiger partial charge in [0.2, 0.25) is 0 Å². The number of hydrogen-bond acceptors (Lipinski definition) is 6. The molecule has 0 saturated heterocycles. The number of hydrogen-bond donors (Lipinski definition) is 3. The van der Waals surface area contributed by atoms with Crippen molar-refractivity contribution in [3.8, 4) is 23.0 Å². The third kappa shape index (κ3) is 3.96. The van der Waals surface area contributed by atoms with Gasteiger partial charge < -0.3 is 25.0 Å². The van der Waals surface area contributed by atoms with E-state index in [2.05, 4.69) is 10.3 Å². The fraction of sp³-hybridized carbons (Fsp3) is 0.150. The van der Waals surface area contributed by atoms with E-state index < -0.39 is 18.4 Å². The average Bonchev–Trinajstić information content (AvgIpc) is 2.69. The van der Waals surface area contributed by atoms with Crippen molar-refractivity contribution in [2.45, 2.75) is 6.92 Å². The summed E-state index contributed by atoms with van der Waals surface area (Å²) in [5, 5.41) is 22.4. The number of aliphatic carboxylic acids is 1. The Balaban J connectivity index is 1.95. The number of nitrogens with zero attached hydrogens (tertiary/aromatic N) is 1. The van der Waals surface area contributed by atoms with Gasteiger partial charge in [0.05, 0.1) is 7.11 Å². The molecule has 2 aromatic carbocycles. The van der Waals surface area contributed by atoms with Crippen molar-refractivity contribution in [2.75, 3.05) is 13.7 Å². The Bertz CT molecular complexity index is 1050. The maximum absolute atomic E-state index is 12.2. The molecule has 1 amide bonds. The molecule has 144 valence electrons. The summed E-state index contributed by atoms with van der Waals surface area (Å²) in [7, 11) is 1.57. The van der Waals surface area contributed by atoms with Crippen LogP contribution in [0.2, 0.25) is 0 Å². The van der Waals surface area contributed by atoms with Gasteiger partial charge in [-0.25, -0.2) is 4.98 Å². The van der Waals surface area contributed by atoms with E-state index in [0.717, 1.165) is 0 Å². The van der Waals surface area contributed by atoms with Gasteiger partial charge in [-0.3, -0.25) is 9.59 Å². The molecule has 28 heavy (non-hydrogen) atoms. The first-order chi connectivity index (χ1) is 13.4. The van der Waals surface area contributed by atoms with Gasteiger partial charge in [0.15, 0.2) is 11.4 Å². The molecule has 0 unspecified atom stereocenters. The summed E-state index contributed by atoms with van der Waals surface area (Å²) in [6.45, 7) is 1.12. The summed E-state index contributed by atoms with van der Waals surface area (Å²) in [6.07, 6.45) is 0. The zero-order chi connectivity index (χ0) is 20.3. The first-order valence-electron chi connectivity index (χ1n) is 8.34. The number of rotatable bonds is 6. The second kappa shape index (κ2) is 7.83. The minimum absolute atomic E-state index is 0.243. The number of carboxylic acids is 1. The van der Waals surface area contributed by atoms with E-state index in [1.807, 2.05) is 0 Å². The predicted octanol–water partition coefficient (Wildman–Crippen LogP) is 2.86. The van der Waals surface area contributed by atoms with Gasteiger partial charge in [0.25, 0.3) is 5.91 Å². The van der Waals surface area contributed by atoms with Crippen molar-refractivity contribution < 1.29 is 29.3 Å². The molecule has 0 bridgehead atoms. The standard InChI is InChI=1S/C20H18N2O6/c1-11-15-8-7-14(28-13-5-3-12(27-2)4-6-13)9-16(15)19(25)18(22-11)20(26)21-10-17(23)24/h3-9,25H,10H2,1-2H3,(H,21,26)(H,23,24). The summed E-state index contributed by atoms with van der Waals surface area (Å²) in [6, 6.07) is 12.0. The molecule has 0 atom stereocenters. The summed E-state index contributed by atoms with van der Waals surface area (Å²) in [4.78, 5) is 26.9. The third-order valence-electron chi connectivity index (χ3n) is 4.05. The molecule has 0 fully saturated rings. The Morgan fingerprint density at radius 2 is 1.68 bits per heavy atom. The molecule has 0 aliphatic carbocycles. The molecule has 3 aromatic rings. The van der Waals surface area contributed by atoms with Gasteiger partial charge >= 0.3 is 5.97 Å². The Kier molecular flexibility index (Phi) is 5.30. The number of methoxy groups -OCH3 is 1. The monoisotopic (exact) mass is 382 g/mol. The highest BCUT2D eigenvalue weighted by molar-refractivity contribution is 6.03. The molecule has 0 aliphatic heterocycles. The van der Waals surface area contributed by atoms with Crippen LogP contribution in [-0.2, 0) is 4.79 Å². The van der Waals surface area contributed by atoms with Crippen molar-refractivity contribution in [1.82, 2.24) is 10.3 Å². The molecule has 0 saturated carbocycles. The van der Waals surface area contributed by atoms with Crippen molar-refractivity contribution in [3.63, 3.8) is 0 Å². The summed E-state index contributed by atoms with van der Waals surface area (Å²) in [5.41, 5.74) is 0.275. The van der Waals surface area contributed by atoms with E-state index in [1.54, 1.807) is 56.5 Å². The number of benzene rings is 2. The predicted molar refractivity (Wildman–Crippen MR) is 101 cm³/mol. The lowest BCUT2D eigenvalue weighted by Gasteiger charge is -2.12. The van der Waals surface area contributed by atoms with Gasteiger partial charge in [-0.1, -0.05) is 0 Å². The Morgan fingerprint density at radius 1 is 1.04 bits per heavy atom. The van der Waals surface area contributed by atoms with Crippen LogP contribution in [0, 0.1) is 6.92 Å². The zero-order valence-electron chi connectivity index (χ0n) is 15.2. The summed E-state index contributed by atoms with van der Waals surface area (Å²) >= 11 is 0. The van der Waals surface area contributed by atoms with Crippen LogP contribution in [0.3, 0.4) is 0 Å². The Labute approximate surface area is 160 Å². The van der Waals surface area contributed by atoms with Crippen LogP contribution in [0.1, 0.15) is 16.2 Å². The first kappa shape index (κ1) is 19.0. The number of aromatic nitrogens is 1. The molecule has 1 aromatic heterocycles. The van der Waals surface area contributed by atoms with Crippen molar-refractivity contribution in [1.29, 1.82) is 0 Å². The lowest BCUT2D eigenvalue weighted by atomic mass is 10.1. The van der Waals surface area contributed by atoms with Crippen molar-refractivity contribution >= 4 is 22.6 Å². The van der Waals surface area contributed by atoms with Crippen molar-refractivity contribution in [3.05, 3.63) is 53.9 Å². The normalized spacial score (nSPS) is 10.5. The van der Waals surface area contributed by atoms with E-state index in [4.69, 9.17) is 14.6 Å². The van der Waals surface area contributed by atoms with E-state index >= 15 is 0 Å². The average molecular weight is 382 g/mol. The van der Waals surface area contributed by atoms with Gasteiger partial charge in [-0.15, -0.1) is 0 Å². The van der Waals surface area contributed by atoms with Gasteiger partial charge in [0.1, 0.15) is 23.8 Å². The molecule has 8 heteroatoms. The summed E-state index contributed by atoms with van der Waals surface area (Å²) in [5.74, 6) is -0.585. The van der Waals surface area contributed by atoms with Crippen LogP contribution in [-0.4, -0.2) is 40.7 Å².